The van der Waals surface area contributed by atoms with E-state index in [1.165, 1.54) is 12.1 Å². The van der Waals surface area contributed by atoms with Gasteiger partial charge >= 0.3 is 0 Å². The number of furan rings is 1. The van der Waals surface area contributed by atoms with Crippen molar-refractivity contribution in [2.75, 3.05) is 13.1 Å². The van der Waals surface area contributed by atoms with Crippen molar-refractivity contribution in [3.8, 4) is 0 Å². The van der Waals surface area contributed by atoms with Crippen molar-refractivity contribution in [2.45, 2.75) is 32.5 Å². The summed E-state index contributed by atoms with van der Waals surface area (Å²) in [6.07, 6.45) is -0.0302. The molecule has 0 aliphatic carbocycles. The van der Waals surface area contributed by atoms with E-state index < -0.39 is 11.9 Å². The van der Waals surface area contributed by atoms with Gasteiger partial charge in [0, 0.05) is 30.2 Å². The molecule has 1 aromatic carbocycles. The Kier molecular flexibility index (Phi) is 6.13. The van der Waals surface area contributed by atoms with Gasteiger partial charge in [0.15, 0.2) is 0 Å². The summed E-state index contributed by atoms with van der Waals surface area (Å²) in [5, 5.41) is 5.80. The molecular weight excluding hydrogens is 373 g/mol. The van der Waals surface area contributed by atoms with Gasteiger partial charge in [0.1, 0.15) is 17.3 Å². The molecule has 6 nitrogen and oxygen atoms in total. The minimum atomic E-state index is -0.687. The molecule has 0 spiro atoms. The minimum Gasteiger partial charge on any atom is -0.465 e. The lowest BCUT2D eigenvalue weighted by Gasteiger charge is -2.34. The summed E-state index contributed by atoms with van der Waals surface area (Å²) >= 11 is 6.10. The molecule has 1 aliphatic heterocycles. The number of piperazine rings is 1. The van der Waals surface area contributed by atoms with Gasteiger partial charge in [-0.05, 0) is 31.2 Å². The molecule has 27 heavy (non-hydrogen) atoms. The van der Waals surface area contributed by atoms with Crippen LogP contribution in [0.1, 0.15) is 23.5 Å². The van der Waals surface area contributed by atoms with Crippen LogP contribution < -0.4 is 10.6 Å². The SMILES string of the molecule is Cc1ccc(CNC(=O)CC2C(=O)NCCN2Cc2c(F)cccc2Cl)o1. The molecular formula is C19H21ClFN3O3. The third-order valence-corrected chi connectivity index (χ3v) is 4.85. The standard InChI is InChI=1S/C19H21ClFN3O3/c1-12-5-6-13(27-12)10-23-18(25)9-17-19(26)22-7-8-24(17)11-14-15(20)3-2-4-16(14)21/h2-6,17H,7-11H2,1H3,(H,22,26)(H,23,25). The van der Waals surface area contributed by atoms with E-state index in [0.717, 1.165) is 5.76 Å². The number of amides is 2. The van der Waals surface area contributed by atoms with Crippen LogP contribution in [0.5, 0.6) is 0 Å². The van der Waals surface area contributed by atoms with Crippen LogP contribution in [0, 0.1) is 12.7 Å². The highest BCUT2D eigenvalue weighted by molar-refractivity contribution is 6.31. The average molecular weight is 394 g/mol. The molecule has 0 saturated carbocycles. The van der Waals surface area contributed by atoms with Gasteiger partial charge in [-0.25, -0.2) is 4.39 Å². The Morgan fingerprint density at radius 2 is 2.22 bits per heavy atom. The number of carbonyl (C=O) groups excluding carboxylic acids is 2. The molecule has 2 heterocycles. The number of hydrogen-bond donors (Lipinski definition) is 2. The summed E-state index contributed by atoms with van der Waals surface area (Å²) in [5.41, 5.74) is 0.324. The molecule has 3 rings (SSSR count). The molecule has 144 valence electrons. The van der Waals surface area contributed by atoms with Crippen molar-refractivity contribution in [3.63, 3.8) is 0 Å². The maximum Gasteiger partial charge on any atom is 0.237 e. The van der Waals surface area contributed by atoms with Crippen LogP contribution in [0.15, 0.2) is 34.7 Å². The summed E-state index contributed by atoms with van der Waals surface area (Å²) < 4.78 is 19.5. The maximum atomic E-state index is 14.1. The van der Waals surface area contributed by atoms with Gasteiger partial charge in [-0.1, -0.05) is 17.7 Å². The zero-order valence-electron chi connectivity index (χ0n) is 14.9. The summed E-state index contributed by atoms with van der Waals surface area (Å²) in [4.78, 5) is 26.4. The van der Waals surface area contributed by atoms with Gasteiger partial charge in [0.25, 0.3) is 0 Å². The molecule has 1 atom stereocenters. The lowest BCUT2D eigenvalue weighted by atomic mass is 10.1. The van der Waals surface area contributed by atoms with E-state index >= 15 is 0 Å². The highest BCUT2D eigenvalue weighted by Gasteiger charge is 2.32. The van der Waals surface area contributed by atoms with Gasteiger partial charge in [0.05, 0.1) is 19.0 Å². The minimum absolute atomic E-state index is 0.0302. The zero-order chi connectivity index (χ0) is 19.4. The normalized spacial score (nSPS) is 17.6. The van der Waals surface area contributed by atoms with Crippen LogP contribution in [0.25, 0.3) is 0 Å². The van der Waals surface area contributed by atoms with Crippen molar-refractivity contribution in [3.05, 3.63) is 58.3 Å². The van der Waals surface area contributed by atoms with E-state index in [9.17, 15) is 14.0 Å². The Bertz CT molecular complexity index is 819. The first-order valence-electron chi connectivity index (χ1n) is 8.70. The van der Waals surface area contributed by atoms with Crippen LogP contribution in [-0.4, -0.2) is 35.8 Å². The summed E-state index contributed by atoms with van der Waals surface area (Å²) in [6, 6.07) is 7.39. The molecule has 0 bridgehead atoms. The Morgan fingerprint density at radius 3 is 2.93 bits per heavy atom. The highest BCUT2D eigenvalue weighted by Crippen LogP contribution is 2.23. The molecule has 8 heteroatoms. The molecule has 2 N–H and O–H groups in total. The summed E-state index contributed by atoms with van der Waals surface area (Å²) in [6.45, 7) is 3.18. The largest absolute Gasteiger partial charge is 0.465 e. The lowest BCUT2D eigenvalue weighted by molar-refractivity contribution is -0.134. The first-order chi connectivity index (χ1) is 12.9. The van der Waals surface area contributed by atoms with Crippen molar-refractivity contribution >= 4 is 23.4 Å². The van der Waals surface area contributed by atoms with Crippen molar-refractivity contribution < 1.29 is 18.4 Å². The topological polar surface area (TPSA) is 74.6 Å². The quantitative estimate of drug-likeness (QED) is 0.790. The van der Waals surface area contributed by atoms with E-state index in [4.69, 9.17) is 16.0 Å². The summed E-state index contributed by atoms with van der Waals surface area (Å²) in [7, 11) is 0. The number of aryl methyl sites for hydroxylation is 1. The van der Waals surface area contributed by atoms with Crippen LogP contribution in [0.2, 0.25) is 5.02 Å². The monoisotopic (exact) mass is 393 g/mol. The Balaban J connectivity index is 1.65. The van der Waals surface area contributed by atoms with E-state index in [-0.39, 0.29) is 31.3 Å². The van der Waals surface area contributed by atoms with Gasteiger partial charge < -0.3 is 15.1 Å². The highest BCUT2D eigenvalue weighted by atomic mass is 35.5. The molecule has 1 saturated heterocycles. The Morgan fingerprint density at radius 1 is 1.41 bits per heavy atom. The predicted octanol–water partition coefficient (Wildman–Crippen LogP) is 2.39. The van der Waals surface area contributed by atoms with Crippen LogP contribution in [-0.2, 0) is 22.7 Å². The molecule has 1 aromatic heterocycles. The second-order valence-electron chi connectivity index (χ2n) is 6.47. The fraction of sp³-hybridized carbons (Fsp3) is 0.368. The number of rotatable bonds is 6. The second kappa shape index (κ2) is 8.54. The van der Waals surface area contributed by atoms with Crippen molar-refractivity contribution in [2.24, 2.45) is 0 Å². The maximum absolute atomic E-state index is 14.1. The van der Waals surface area contributed by atoms with Crippen LogP contribution in [0.4, 0.5) is 4.39 Å². The molecule has 2 amide bonds. The Labute approximate surface area is 161 Å². The van der Waals surface area contributed by atoms with E-state index in [0.29, 0.717) is 29.4 Å². The second-order valence-corrected chi connectivity index (χ2v) is 6.88. The Hall–Kier alpha value is -2.38. The van der Waals surface area contributed by atoms with Gasteiger partial charge in [-0.15, -0.1) is 0 Å². The number of benzene rings is 1. The number of nitrogens with one attached hydrogen (secondary N) is 2. The van der Waals surface area contributed by atoms with E-state index in [1.54, 1.807) is 17.0 Å². The smallest absolute Gasteiger partial charge is 0.237 e. The fourth-order valence-corrected chi connectivity index (χ4v) is 3.30. The van der Waals surface area contributed by atoms with Crippen LogP contribution in [0.3, 0.4) is 0 Å². The molecule has 1 unspecified atom stereocenters. The fourth-order valence-electron chi connectivity index (χ4n) is 3.07. The third-order valence-electron chi connectivity index (χ3n) is 4.50. The lowest BCUT2D eigenvalue weighted by Crippen LogP contribution is -2.56. The average Bonchev–Trinajstić information content (AvgIpc) is 3.04. The number of hydrogen-bond acceptors (Lipinski definition) is 4. The van der Waals surface area contributed by atoms with Gasteiger partial charge in [0.2, 0.25) is 11.8 Å². The third kappa shape index (κ3) is 4.87. The zero-order valence-corrected chi connectivity index (χ0v) is 15.7. The first-order valence-corrected chi connectivity index (χ1v) is 9.08. The summed E-state index contributed by atoms with van der Waals surface area (Å²) in [5.74, 6) is 0.445. The number of halogens is 2. The van der Waals surface area contributed by atoms with Crippen molar-refractivity contribution in [1.29, 1.82) is 0 Å². The van der Waals surface area contributed by atoms with Crippen LogP contribution >= 0.6 is 11.6 Å². The van der Waals surface area contributed by atoms with E-state index in [1.807, 2.05) is 13.0 Å². The van der Waals surface area contributed by atoms with E-state index in [2.05, 4.69) is 10.6 Å². The molecule has 1 aliphatic rings. The number of carbonyl (C=O) groups is 2. The molecule has 0 radical (unpaired) electrons. The predicted molar refractivity (Wildman–Crippen MR) is 98.5 cm³/mol. The number of nitrogens with zero attached hydrogens (tertiary/aromatic N) is 1. The van der Waals surface area contributed by atoms with Gasteiger partial charge in [-0.2, -0.15) is 0 Å². The molecule has 2 aromatic rings. The van der Waals surface area contributed by atoms with Crippen molar-refractivity contribution in [1.82, 2.24) is 15.5 Å². The first kappa shape index (κ1) is 19.4. The molecule has 1 fully saturated rings. The van der Waals surface area contributed by atoms with Gasteiger partial charge in [-0.3, -0.25) is 14.5 Å².